The number of nitrogens with two attached hydrogens (primary N) is 1. The van der Waals surface area contributed by atoms with Crippen LogP contribution in [0.15, 0.2) is 18.2 Å². The molecule has 0 saturated carbocycles. The first-order chi connectivity index (χ1) is 8.16. The maximum atomic E-state index is 5.98. The Morgan fingerprint density at radius 3 is 3.00 bits per heavy atom. The van der Waals surface area contributed by atoms with E-state index in [1.165, 1.54) is 26.8 Å². The van der Waals surface area contributed by atoms with Crippen molar-refractivity contribution in [3.63, 3.8) is 0 Å². The van der Waals surface area contributed by atoms with Gasteiger partial charge in [0.25, 0.3) is 0 Å². The van der Waals surface area contributed by atoms with Gasteiger partial charge in [0.15, 0.2) is 0 Å². The van der Waals surface area contributed by atoms with E-state index in [-0.39, 0.29) is 0 Å². The van der Waals surface area contributed by atoms with Crippen LogP contribution in [-0.2, 0) is 12.8 Å². The van der Waals surface area contributed by atoms with E-state index in [0.29, 0.717) is 5.82 Å². The number of nitrogen functional groups attached to an aromatic ring is 1. The Hall–Kier alpha value is -1.04. The van der Waals surface area contributed by atoms with E-state index in [1.54, 1.807) is 0 Å². The van der Waals surface area contributed by atoms with E-state index in [1.807, 2.05) is 4.68 Å². The number of aryl methyl sites for hydroxylation is 1. The van der Waals surface area contributed by atoms with E-state index in [9.17, 15) is 0 Å². The van der Waals surface area contributed by atoms with Crippen LogP contribution in [0.5, 0.6) is 0 Å². The molecule has 0 saturated heterocycles. The Bertz CT molecular complexity index is 587. The Kier molecular flexibility index (Phi) is 2.61. The summed E-state index contributed by atoms with van der Waals surface area (Å²) >= 11 is 2.33. The molecule has 0 radical (unpaired) electrons. The second-order valence-corrected chi connectivity index (χ2v) is 5.75. The number of fused-ring (bicyclic) bond motifs is 1. The van der Waals surface area contributed by atoms with E-state index >= 15 is 0 Å². The second kappa shape index (κ2) is 4.01. The van der Waals surface area contributed by atoms with Gasteiger partial charge in [0, 0.05) is 14.8 Å². The van der Waals surface area contributed by atoms with Crippen molar-refractivity contribution in [1.82, 2.24) is 9.78 Å². The molecule has 0 atom stereocenters. The maximum Gasteiger partial charge on any atom is 0.149 e. The molecule has 0 spiro atoms. The average molecular weight is 339 g/mol. The minimum atomic E-state index is 0.704. The summed E-state index contributed by atoms with van der Waals surface area (Å²) in [6, 6.07) is 6.42. The molecule has 0 fully saturated rings. The van der Waals surface area contributed by atoms with Crippen LogP contribution in [0.25, 0.3) is 5.69 Å². The lowest BCUT2D eigenvalue weighted by Gasteiger charge is -2.09. The van der Waals surface area contributed by atoms with Gasteiger partial charge in [0.1, 0.15) is 5.82 Å². The Balaban J connectivity index is 2.22. The molecule has 3 nitrogen and oxygen atoms in total. The first-order valence-corrected chi connectivity index (χ1v) is 6.87. The van der Waals surface area contributed by atoms with Crippen molar-refractivity contribution in [3.8, 4) is 5.69 Å². The molecular formula is C13H14IN3. The van der Waals surface area contributed by atoms with Gasteiger partial charge in [-0.25, -0.2) is 4.68 Å². The predicted octanol–water partition coefficient (Wildman–Crippen LogP) is 2.86. The van der Waals surface area contributed by atoms with Crippen LogP contribution >= 0.6 is 22.6 Å². The molecule has 1 aromatic heterocycles. The number of benzene rings is 1. The van der Waals surface area contributed by atoms with Crippen molar-refractivity contribution in [2.75, 3.05) is 5.73 Å². The van der Waals surface area contributed by atoms with Gasteiger partial charge in [-0.3, -0.25) is 0 Å². The molecule has 88 valence electrons. The lowest BCUT2D eigenvalue weighted by atomic mass is 10.2. The van der Waals surface area contributed by atoms with E-state index < -0.39 is 0 Å². The van der Waals surface area contributed by atoms with Crippen LogP contribution in [0, 0.1) is 10.5 Å². The molecular weight excluding hydrogens is 325 g/mol. The normalized spacial score (nSPS) is 14.0. The number of aromatic nitrogens is 2. The van der Waals surface area contributed by atoms with Gasteiger partial charge in [0.2, 0.25) is 0 Å². The highest BCUT2D eigenvalue weighted by atomic mass is 127. The SMILES string of the molecule is Cc1ccc(I)cc1-n1nc(N)c2c1CCC2. The quantitative estimate of drug-likeness (QED) is 0.812. The zero-order chi connectivity index (χ0) is 12.0. The monoisotopic (exact) mass is 339 g/mol. The van der Waals surface area contributed by atoms with Gasteiger partial charge in [-0.15, -0.1) is 0 Å². The molecule has 0 bridgehead atoms. The number of hydrogen-bond donors (Lipinski definition) is 1. The highest BCUT2D eigenvalue weighted by Gasteiger charge is 2.22. The number of nitrogens with zero attached hydrogens (tertiary/aromatic N) is 2. The van der Waals surface area contributed by atoms with Gasteiger partial charge >= 0.3 is 0 Å². The summed E-state index contributed by atoms with van der Waals surface area (Å²) in [5, 5.41) is 4.50. The lowest BCUT2D eigenvalue weighted by molar-refractivity contribution is 0.784. The second-order valence-electron chi connectivity index (χ2n) is 4.51. The Morgan fingerprint density at radius 1 is 1.35 bits per heavy atom. The van der Waals surface area contributed by atoms with Crippen LogP contribution < -0.4 is 5.73 Å². The molecule has 1 aliphatic rings. The fourth-order valence-corrected chi connectivity index (χ4v) is 2.95. The number of hydrogen-bond acceptors (Lipinski definition) is 2. The minimum Gasteiger partial charge on any atom is -0.382 e. The van der Waals surface area contributed by atoms with Crippen LogP contribution in [0.3, 0.4) is 0 Å². The highest BCUT2D eigenvalue weighted by molar-refractivity contribution is 14.1. The standard InChI is InChI=1S/C13H14IN3/c1-8-5-6-9(14)7-12(8)17-11-4-2-3-10(11)13(15)16-17/h5-7H,2-4H2,1H3,(H2,15,16). The van der Waals surface area contributed by atoms with Gasteiger partial charge in [-0.2, -0.15) is 5.10 Å². The molecule has 3 rings (SSSR count). The van der Waals surface area contributed by atoms with Crippen LogP contribution in [0.2, 0.25) is 0 Å². The Labute approximate surface area is 114 Å². The lowest BCUT2D eigenvalue weighted by Crippen LogP contribution is -2.04. The summed E-state index contributed by atoms with van der Waals surface area (Å²) in [4.78, 5) is 0. The van der Waals surface area contributed by atoms with Gasteiger partial charge in [-0.1, -0.05) is 6.07 Å². The smallest absolute Gasteiger partial charge is 0.149 e. The van der Waals surface area contributed by atoms with Crippen molar-refractivity contribution in [1.29, 1.82) is 0 Å². The summed E-state index contributed by atoms with van der Waals surface area (Å²) in [5.74, 6) is 0.704. The van der Waals surface area contributed by atoms with E-state index in [4.69, 9.17) is 5.73 Å². The van der Waals surface area contributed by atoms with Crippen molar-refractivity contribution < 1.29 is 0 Å². The van der Waals surface area contributed by atoms with Crippen molar-refractivity contribution in [3.05, 3.63) is 38.6 Å². The third kappa shape index (κ3) is 1.74. The fraction of sp³-hybridized carbons (Fsp3) is 0.308. The van der Waals surface area contributed by atoms with Crippen molar-refractivity contribution in [2.24, 2.45) is 0 Å². The zero-order valence-corrected chi connectivity index (χ0v) is 11.9. The van der Waals surface area contributed by atoms with E-state index in [2.05, 4.69) is 52.8 Å². The summed E-state index contributed by atoms with van der Waals surface area (Å²) in [6.07, 6.45) is 3.36. The molecule has 1 aliphatic carbocycles. The molecule has 4 heteroatoms. The first-order valence-electron chi connectivity index (χ1n) is 5.79. The molecule has 1 aromatic carbocycles. The molecule has 0 amide bonds. The predicted molar refractivity (Wildman–Crippen MR) is 77.5 cm³/mol. The molecule has 0 unspecified atom stereocenters. The third-order valence-electron chi connectivity index (χ3n) is 3.36. The molecule has 2 N–H and O–H groups in total. The molecule has 2 aromatic rings. The van der Waals surface area contributed by atoms with Crippen molar-refractivity contribution in [2.45, 2.75) is 26.2 Å². The first kappa shape index (κ1) is 11.1. The van der Waals surface area contributed by atoms with Gasteiger partial charge in [-0.05, 0) is 66.5 Å². The minimum absolute atomic E-state index is 0.704. The number of halogens is 1. The van der Waals surface area contributed by atoms with Crippen LogP contribution in [0.1, 0.15) is 23.2 Å². The number of anilines is 1. The molecule has 1 heterocycles. The van der Waals surface area contributed by atoms with Crippen LogP contribution in [-0.4, -0.2) is 9.78 Å². The largest absolute Gasteiger partial charge is 0.382 e. The topological polar surface area (TPSA) is 43.8 Å². The van der Waals surface area contributed by atoms with E-state index in [0.717, 1.165) is 18.5 Å². The van der Waals surface area contributed by atoms with Gasteiger partial charge in [0.05, 0.1) is 5.69 Å². The maximum absolute atomic E-state index is 5.98. The third-order valence-corrected chi connectivity index (χ3v) is 4.03. The summed E-state index contributed by atoms with van der Waals surface area (Å²) in [5.41, 5.74) is 10.9. The van der Waals surface area contributed by atoms with Crippen molar-refractivity contribution >= 4 is 28.4 Å². The summed E-state index contributed by atoms with van der Waals surface area (Å²) < 4.78 is 3.26. The fourth-order valence-electron chi connectivity index (χ4n) is 2.48. The van der Waals surface area contributed by atoms with Crippen LogP contribution in [0.4, 0.5) is 5.82 Å². The molecule has 17 heavy (non-hydrogen) atoms. The highest BCUT2D eigenvalue weighted by Crippen LogP contribution is 2.30. The Morgan fingerprint density at radius 2 is 2.18 bits per heavy atom. The molecule has 0 aliphatic heterocycles. The number of rotatable bonds is 1. The van der Waals surface area contributed by atoms with Gasteiger partial charge < -0.3 is 5.73 Å². The summed E-state index contributed by atoms with van der Waals surface area (Å²) in [7, 11) is 0. The zero-order valence-electron chi connectivity index (χ0n) is 9.70. The summed E-state index contributed by atoms with van der Waals surface area (Å²) in [6.45, 7) is 2.12. The average Bonchev–Trinajstić information content (AvgIpc) is 2.87.